The zero-order chi connectivity index (χ0) is 24.4. The first-order chi connectivity index (χ1) is 17.1. The Morgan fingerprint density at radius 1 is 1.17 bits per heavy atom. The number of urea groups is 1. The SMILES string of the molecule is CCCc1nc(N2CCN(C(=O)Nc3ccccc3OCC)CC2)c2c3c(sc2n1)C[C@H](C)CC3. The van der Waals surface area contributed by atoms with Gasteiger partial charge < -0.3 is 19.9 Å². The quantitative estimate of drug-likeness (QED) is 0.490. The molecule has 1 atom stereocenters. The van der Waals surface area contributed by atoms with Crippen molar-refractivity contribution in [2.75, 3.05) is 43.0 Å². The molecule has 1 aliphatic carbocycles. The minimum atomic E-state index is -0.0850. The third-order valence-corrected chi connectivity index (χ3v) is 8.10. The third kappa shape index (κ3) is 4.94. The Morgan fingerprint density at radius 2 is 1.97 bits per heavy atom. The number of rotatable bonds is 6. The Labute approximate surface area is 211 Å². The predicted octanol–water partition coefficient (Wildman–Crippen LogP) is 5.52. The molecule has 8 heteroatoms. The topological polar surface area (TPSA) is 70.6 Å². The van der Waals surface area contributed by atoms with E-state index in [0.29, 0.717) is 31.1 Å². The molecule has 0 saturated carbocycles. The lowest BCUT2D eigenvalue weighted by Gasteiger charge is -2.36. The van der Waals surface area contributed by atoms with Crippen LogP contribution >= 0.6 is 11.3 Å². The van der Waals surface area contributed by atoms with Gasteiger partial charge in [0.2, 0.25) is 0 Å². The number of carbonyl (C=O) groups is 1. The number of nitrogens with zero attached hydrogens (tertiary/aromatic N) is 4. The van der Waals surface area contributed by atoms with Gasteiger partial charge in [0.05, 0.1) is 17.7 Å². The second kappa shape index (κ2) is 10.4. The van der Waals surface area contributed by atoms with Crippen LogP contribution in [0.15, 0.2) is 24.3 Å². The maximum atomic E-state index is 13.0. The minimum Gasteiger partial charge on any atom is -0.492 e. The summed E-state index contributed by atoms with van der Waals surface area (Å²) in [6, 6.07) is 7.50. The van der Waals surface area contributed by atoms with Crippen LogP contribution in [-0.4, -0.2) is 53.7 Å². The molecule has 1 aromatic carbocycles. The standard InChI is InChI=1S/C27H35N5O2S/c1-4-8-23-29-25(24-19-12-11-18(3)17-22(19)35-26(24)30-23)31-13-15-32(16-14-31)27(33)28-20-9-6-7-10-21(20)34-5-2/h6-7,9-10,18H,4-5,8,11-17H2,1-3H3,(H,28,33)/t18-/m1/s1. The van der Waals surface area contributed by atoms with Crippen molar-refractivity contribution in [3.8, 4) is 5.75 Å². The molecule has 0 spiro atoms. The molecule has 1 fully saturated rings. The number of thiophene rings is 1. The van der Waals surface area contributed by atoms with Gasteiger partial charge in [-0.2, -0.15) is 0 Å². The molecule has 0 unspecified atom stereocenters. The number of fused-ring (bicyclic) bond motifs is 3. The highest BCUT2D eigenvalue weighted by Crippen LogP contribution is 2.41. The number of nitrogens with one attached hydrogen (secondary N) is 1. The summed E-state index contributed by atoms with van der Waals surface area (Å²) in [4.78, 5) is 29.9. The van der Waals surface area contributed by atoms with E-state index in [-0.39, 0.29) is 6.03 Å². The summed E-state index contributed by atoms with van der Waals surface area (Å²) >= 11 is 1.87. The number of piperazine rings is 1. The average Bonchev–Trinajstić information content (AvgIpc) is 3.22. The van der Waals surface area contributed by atoms with E-state index in [1.165, 1.54) is 22.2 Å². The third-order valence-electron chi connectivity index (χ3n) is 6.95. The van der Waals surface area contributed by atoms with Crippen LogP contribution < -0.4 is 15.0 Å². The molecule has 2 amide bonds. The van der Waals surface area contributed by atoms with Crippen LogP contribution in [0, 0.1) is 5.92 Å². The Hall–Kier alpha value is -2.87. The number of amides is 2. The summed E-state index contributed by atoms with van der Waals surface area (Å²) in [6.45, 7) is 9.86. The summed E-state index contributed by atoms with van der Waals surface area (Å²) in [6.07, 6.45) is 5.41. The van der Waals surface area contributed by atoms with Gasteiger partial charge in [0, 0.05) is 37.5 Å². The molecule has 35 heavy (non-hydrogen) atoms. The number of hydrogen-bond donors (Lipinski definition) is 1. The number of carbonyl (C=O) groups excluding carboxylic acids is 1. The predicted molar refractivity (Wildman–Crippen MR) is 143 cm³/mol. The van der Waals surface area contributed by atoms with E-state index in [1.54, 1.807) is 0 Å². The van der Waals surface area contributed by atoms with E-state index in [2.05, 4.69) is 24.1 Å². The molecular formula is C27H35N5O2S. The normalized spacial score (nSPS) is 18.0. The van der Waals surface area contributed by atoms with Gasteiger partial charge in [0.25, 0.3) is 0 Å². The zero-order valence-corrected chi connectivity index (χ0v) is 21.8. The van der Waals surface area contributed by atoms with Crippen LogP contribution in [-0.2, 0) is 19.3 Å². The number of hydrogen-bond acceptors (Lipinski definition) is 6. The van der Waals surface area contributed by atoms with Crippen molar-refractivity contribution in [3.63, 3.8) is 0 Å². The van der Waals surface area contributed by atoms with Crippen LogP contribution in [0.3, 0.4) is 0 Å². The Balaban J connectivity index is 1.35. The number of aromatic nitrogens is 2. The summed E-state index contributed by atoms with van der Waals surface area (Å²) in [5.74, 6) is 3.45. The summed E-state index contributed by atoms with van der Waals surface area (Å²) in [5.41, 5.74) is 2.18. The molecule has 1 N–H and O–H groups in total. The molecule has 7 nitrogen and oxygen atoms in total. The molecule has 3 aromatic rings. The molecule has 1 saturated heterocycles. The largest absolute Gasteiger partial charge is 0.492 e. The fourth-order valence-electron chi connectivity index (χ4n) is 5.10. The number of ether oxygens (including phenoxy) is 1. The molecule has 0 radical (unpaired) electrons. The van der Waals surface area contributed by atoms with Gasteiger partial charge in [0.1, 0.15) is 22.2 Å². The van der Waals surface area contributed by atoms with Crippen LogP contribution in [0.25, 0.3) is 10.2 Å². The van der Waals surface area contributed by atoms with Gasteiger partial charge in [0.15, 0.2) is 0 Å². The highest BCUT2D eigenvalue weighted by molar-refractivity contribution is 7.19. The molecule has 2 aromatic heterocycles. The van der Waals surface area contributed by atoms with Crippen molar-refractivity contribution in [2.45, 2.75) is 52.9 Å². The van der Waals surface area contributed by atoms with Crippen molar-refractivity contribution >= 4 is 39.1 Å². The first-order valence-corrected chi connectivity index (χ1v) is 13.7. The Bertz CT molecular complexity index is 1200. The van der Waals surface area contributed by atoms with E-state index in [9.17, 15) is 4.79 Å². The molecule has 5 rings (SSSR count). The van der Waals surface area contributed by atoms with Crippen molar-refractivity contribution < 1.29 is 9.53 Å². The maximum absolute atomic E-state index is 13.0. The van der Waals surface area contributed by atoms with E-state index < -0.39 is 0 Å². The average molecular weight is 494 g/mol. The molecule has 186 valence electrons. The van der Waals surface area contributed by atoms with Gasteiger partial charge in [-0.05, 0) is 56.2 Å². The van der Waals surface area contributed by atoms with Crippen molar-refractivity contribution in [2.24, 2.45) is 5.92 Å². The van der Waals surface area contributed by atoms with Gasteiger partial charge in [-0.15, -0.1) is 11.3 Å². The molecule has 1 aliphatic heterocycles. The second-order valence-corrected chi connectivity index (χ2v) is 10.7. The summed E-state index contributed by atoms with van der Waals surface area (Å²) in [7, 11) is 0. The fraction of sp³-hybridized carbons (Fsp3) is 0.519. The summed E-state index contributed by atoms with van der Waals surface area (Å²) < 4.78 is 5.66. The first kappa shape index (κ1) is 23.9. The number of anilines is 2. The molecular weight excluding hydrogens is 458 g/mol. The van der Waals surface area contributed by atoms with E-state index in [4.69, 9.17) is 14.7 Å². The lowest BCUT2D eigenvalue weighted by Crippen LogP contribution is -2.50. The lowest BCUT2D eigenvalue weighted by molar-refractivity contribution is 0.208. The Morgan fingerprint density at radius 3 is 2.74 bits per heavy atom. The second-order valence-electron chi connectivity index (χ2n) is 9.58. The minimum absolute atomic E-state index is 0.0850. The van der Waals surface area contributed by atoms with Crippen molar-refractivity contribution in [1.29, 1.82) is 0 Å². The van der Waals surface area contributed by atoms with Crippen molar-refractivity contribution in [1.82, 2.24) is 14.9 Å². The monoisotopic (exact) mass is 493 g/mol. The zero-order valence-electron chi connectivity index (χ0n) is 21.0. The fourth-order valence-corrected chi connectivity index (χ4v) is 6.49. The Kier molecular flexibility index (Phi) is 7.09. The van der Waals surface area contributed by atoms with Crippen molar-refractivity contribution in [3.05, 3.63) is 40.5 Å². The van der Waals surface area contributed by atoms with Crippen LogP contribution in [0.2, 0.25) is 0 Å². The van der Waals surface area contributed by atoms with Gasteiger partial charge >= 0.3 is 6.03 Å². The smallest absolute Gasteiger partial charge is 0.322 e. The van der Waals surface area contributed by atoms with E-state index in [0.717, 1.165) is 61.2 Å². The highest BCUT2D eigenvalue weighted by atomic mass is 32.1. The van der Waals surface area contributed by atoms with Gasteiger partial charge in [-0.1, -0.05) is 26.0 Å². The number of benzene rings is 1. The maximum Gasteiger partial charge on any atom is 0.322 e. The first-order valence-electron chi connectivity index (χ1n) is 12.9. The van der Waals surface area contributed by atoms with Gasteiger partial charge in [-0.25, -0.2) is 14.8 Å². The van der Waals surface area contributed by atoms with Crippen LogP contribution in [0.4, 0.5) is 16.3 Å². The number of aryl methyl sites for hydroxylation is 2. The summed E-state index contributed by atoms with van der Waals surface area (Å²) in [5, 5.41) is 4.30. The molecule has 0 bridgehead atoms. The van der Waals surface area contributed by atoms with E-state index >= 15 is 0 Å². The highest BCUT2D eigenvalue weighted by Gasteiger charge is 2.28. The van der Waals surface area contributed by atoms with Crippen LogP contribution in [0.1, 0.15) is 49.9 Å². The van der Waals surface area contributed by atoms with Gasteiger partial charge in [-0.3, -0.25) is 0 Å². The lowest BCUT2D eigenvalue weighted by atomic mass is 9.89. The van der Waals surface area contributed by atoms with Crippen LogP contribution in [0.5, 0.6) is 5.75 Å². The molecule has 3 heterocycles. The number of para-hydroxylation sites is 2. The van der Waals surface area contributed by atoms with E-state index in [1.807, 2.05) is 47.4 Å². The molecule has 2 aliphatic rings.